The molecule has 0 saturated carbocycles. The predicted molar refractivity (Wildman–Crippen MR) is 74.0 cm³/mol. The summed E-state index contributed by atoms with van der Waals surface area (Å²) in [5.74, 6) is -1.33. The van der Waals surface area contributed by atoms with E-state index >= 15 is 0 Å². The standard InChI is InChI=1S/C15H12FNO5/c16-12-8-6-10(7-9-12)13(18)14(19)15(22-17(20)21)11-4-2-1-3-5-11/h1-9,14-15,19H/t14-,15-/m1/s1. The van der Waals surface area contributed by atoms with Crippen molar-refractivity contribution in [2.45, 2.75) is 12.2 Å². The number of Topliss-reactive ketones (excluding diaryl/α,β-unsaturated/α-hetero) is 1. The normalized spacial score (nSPS) is 13.2. The van der Waals surface area contributed by atoms with Crippen LogP contribution in [0.4, 0.5) is 4.39 Å². The first-order valence-electron chi connectivity index (χ1n) is 6.33. The fourth-order valence-electron chi connectivity index (χ4n) is 1.96. The van der Waals surface area contributed by atoms with Crippen molar-refractivity contribution in [2.75, 3.05) is 0 Å². The minimum Gasteiger partial charge on any atom is -0.382 e. The maximum atomic E-state index is 12.9. The molecule has 0 unspecified atom stereocenters. The fourth-order valence-corrected chi connectivity index (χ4v) is 1.96. The lowest BCUT2D eigenvalue weighted by molar-refractivity contribution is -0.772. The monoisotopic (exact) mass is 305 g/mol. The molecule has 0 spiro atoms. The molecule has 0 aliphatic carbocycles. The summed E-state index contributed by atoms with van der Waals surface area (Å²) < 4.78 is 12.9. The van der Waals surface area contributed by atoms with Gasteiger partial charge in [-0.05, 0) is 29.8 Å². The lowest BCUT2D eigenvalue weighted by atomic mass is 9.97. The molecule has 22 heavy (non-hydrogen) atoms. The molecule has 114 valence electrons. The second-order valence-electron chi connectivity index (χ2n) is 4.48. The highest BCUT2D eigenvalue weighted by molar-refractivity contribution is 5.99. The zero-order valence-electron chi connectivity index (χ0n) is 11.3. The molecule has 0 aromatic heterocycles. The van der Waals surface area contributed by atoms with Gasteiger partial charge in [-0.1, -0.05) is 30.3 Å². The highest BCUT2D eigenvalue weighted by Gasteiger charge is 2.31. The summed E-state index contributed by atoms with van der Waals surface area (Å²) in [5.41, 5.74) is 0.309. The van der Waals surface area contributed by atoms with Crippen LogP contribution in [0, 0.1) is 15.9 Å². The van der Waals surface area contributed by atoms with Crippen molar-refractivity contribution in [1.29, 1.82) is 0 Å². The minimum absolute atomic E-state index is 0.0294. The minimum atomic E-state index is -1.79. The molecule has 1 N–H and O–H groups in total. The number of hydrogen-bond donors (Lipinski definition) is 1. The molecule has 0 heterocycles. The second-order valence-corrected chi connectivity index (χ2v) is 4.48. The van der Waals surface area contributed by atoms with Crippen LogP contribution in [-0.2, 0) is 4.84 Å². The number of benzene rings is 2. The Morgan fingerprint density at radius 2 is 1.73 bits per heavy atom. The molecule has 2 aromatic carbocycles. The first-order chi connectivity index (χ1) is 10.5. The van der Waals surface area contributed by atoms with E-state index in [0.717, 1.165) is 12.1 Å². The number of carbonyl (C=O) groups excluding carboxylic acids is 1. The van der Waals surface area contributed by atoms with E-state index in [2.05, 4.69) is 4.84 Å². The van der Waals surface area contributed by atoms with E-state index in [9.17, 15) is 24.4 Å². The van der Waals surface area contributed by atoms with Crippen molar-refractivity contribution in [1.82, 2.24) is 0 Å². The molecule has 7 heteroatoms. The summed E-state index contributed by atoms with van der Waals surface area (Å²) in [6.07, 6.45) is -3.26. The first kappa shape index (κ1) is 15.6. The lowest BCUT2D eigenvalue weighted by Gasteiger charge is -2.20. The van der Waals surface area contributed by atoms with Crippen LogP contribution in [0.1, 0.15) is 22.0 Å². The Morgan fingerprint density at radius 1 is 1.14 bits per heavy atom. The average Bonchev–Trinajstić information content (AvgIpc) is 2.52. The molecule has 2 aromatic rings. The van der Waals surface area contributed by atoms with Gasteiger partial charge in [-0.2, -0.15) is 0 Å². The van der Waals surface area contributed by atoms with Crippen LogP contribution in [0.15, 0.2) is 54.6 Å². The van der Waals surface area contributed by atoms with Gasteiger partial charge in [0.15, 0.2) is 11.9 Å². The Labute approximate surface area is 124 Å². The molecule has 0 saturated heterocycles. The molecule has 0 radical (unpaired) electrons. The van der Waals surface area contributed by atoms with Crippen LogP contribution >= 0.6 is 0 Å². The molecule has 2 atom stereocenters. The van der Waals surface area contributed by atoms with E-state index in [-0.39, 0.29) is 11.1 Å². The third kappa shape index (κ3) is 3.64. The quantitative estimate of drug-likeness (QED) is 0.502. The molecular weight excluding hydrogens is 293 g/mol. The number of rotatable bonds is 6. The van der Waals surface area contributed by atoms with Gasteiger partial charge in [0.25, 0.3) is 5.09 Å². The van der Waals surface area contributed by atoms with Crippen molar-refractivity contribution >= 4 is 5.78 Å². The SMILES string of the molecule is O=C(c1ccc(F)cc1)[C@@H](O)[C@H](O[N+](=O)[O-])c1ccccc1. The summed E-state index contributed by atoms with van der Waals surface area (Å²) in [7, 11) is 0. The van der Waals surface area contributed by atoms with E-state index in [0.29, 0.717) is 0 Å². The number of nitrogens with zero attached hydrogens (tertiary/aromatic N) is 1. The van der Waals surface area contributed by atoms with Crippen LogP contribution in [-0.4, -0.2) is 22.1 Å². The molecule has 0 fully saturated rings. The van der Waals surface area contributed by atoms with E-state index in [1.54, 1.807) is 18.2 Å². The highest BCUT2D eigenvalue weighted by Crippen LogP contribution is 2.24. The zero-order valence-corrected chi connectivity index (χ0v) is 11.3. The van der Waals surface area contributed by atoms with E-state index < -0.39 is 28.9 Å². The summed E-state index contributed by atoms with van der Waals surface area (Å²) in [6, 6.07) is 12.4. The predicted octanol–water partition coefficient (Wildman–Crippen LogP) is 2.32. The number of hydrogen-bond acceptors (Lipinski definition) is 5. The van der Waals surface area contributed by atoms with E-state index in [1.165, 1.54) is 24.3 Å². The number of aliphatic hydroxyl groups is 1. The molecule has 0 aliphatic heterocycles. The zero-order chi connectivity index (χ0) is 16.1. The Balaban J connectivity index is 2.28. The van der Waals surface area contributed by atoms with Gasteiger partial charge >= 0.3 is 0 Å². The maximum Gasteiger partial charge on any atom is 0.295 e. The van der Waals surface area contributed by atoms with Crippen molar-refractivity contribution in [3.8, 4) is 0 Å². The van der Waals surface area contributed by atoms with Gasteiger partial charge in [-0.25, -0.2) is 4.39 Å². The smallest absolute Gasteiger partial charge is 0.295 e. The van der Waals surface area contributed by atoms with Gasteiger partial charge in [0, 0.05) is 5.56 Å². The van der Waals surface area contributed by atoms with Crippen LogP contribution in [0.3, 0.4) is 0 Å². The molecule has 0 aliphatic rings. The molecule has 0 bridgehead atoms. The van der Waals surface area contributed by atoms with Crippen molar-refractivity contribution < 1.29 is 24.2 Å². The van der Waals surface area contributed by atoms with Crippen molar-refractivity contribution in [3.63, 3.8) is 0 Å². The number of carbonyl (C=O) groups is 1. The van der Waals surface area contributed by atoms with Gasteiger partial charge in [-0.15, -0.1) is 10.1 Å². The fraction of sp³-hybridized carbons (Fsp3) is 0.133. The second kappa shape index (κ2) is 6.77. The molecule has 6 nitrogen and oxygen atoms in total. The summed E-state index contributed by atoms with van der Waals surface area (Å²) in [6.45, 7) is 0. The largest absolute Gasteiger partial charge is 0.382 e. The van der Waals surface area contributed by atoms with Crippen LogP contribution in [0.2, 0.25) is 0 Å². The van der Waals surface area contributed by atoms with E-state index in [1.807, 2.05) is 0 Å². The maximum absolute atomic E-state index is 12.9. The summed E-state index contributed by atoms with van der Waals surface area (Å²) in [4.78, 5) is 27.2. The number of halogens is 1. The van der Waals surface area contributed by atoms with Crippen LogP contribution in [0.5, 0.6) is 0 Å². The number of ketones is 1. The third-order valence-electron chi connectivity index (χ3n) is 3.01. The Kier molecular flexibility index (Phi) is 4.80. The van der Waals surface area contributed by atoms with Gasteiger partial charge in [0.05, 0.1) is 0 Å². The first-order valence-corrected chi connectivity index (χ1v) is 6.33. The third-order valence-corrected chi connectivity index (χ3v) is 3.01. The Bertz CT molecular complexity index is 659. The average molecular weight is 305 g/mol. The lowest BCUT2D eigenvalue weighted by Crippen LogP contribution is -2.31. The van der Waals surface area contributed by atoms with E-state index in [4.69, 9.17) is 0 Å². The molecular formula is C15H12FNO5. The van der Waals surface area contributed by atoms with Crippen LogP contribution in [0.25, 0.3) is 0 Å². The van der Waals surface area contributed by atoms with Gasteiger partial charge in [0.1, 0.15) is 11.9 Å². The van der Waals surface area contributed by atoms with Gasteiger partial charge in [0.2, 0.25) is 0 Å². The van der Waals surface area contributed by atoms with Gasteiger partial charge < -0.3 is 9.94 Å². The molecule has 0 amide bonds. The summed E-state index contributed by atoms with van der Waals surface area (Å²) >= 11 is 0. The van der Waals surface area contributed by atoms with Crippen molar-refractivity contribution in [3.05, 3.63) is 81.7 Å². The van der Waals surface area contributed by atoms with Gasteiger partial charge in [-0.3, -0.25) is 4.79 Å². The van der Waals surface area contributed by atoms with Crippen molar-refractivity contribution in [2.24, 2.45) is 0 Å². The number of aliphatic hydroxyl groups excluding tert-OH is 1. The topological polar surface area (TPSA) is 89.7 Å². The highest BCUT2D eigenvalue weighted by atomic mass is 19.1. The summed E-state index contributed by atoms with van der Waals surface area (Å²) in [5, 5.41) is 19.7. The Morgan fingerprint density at radius 3 is 2.27 bits per heavy atom. The molecule has 2 rings (SSSR count). The Hall–Kier alpha value is -2.80. The van der Waals surface area contributed by atoms with Crippen LogP contribution < -0.4 is 0 Å².